The van der Waals surface area contributed by atoms with Crippen LogP contribution >= 0.6 is 0 Å². The van der Waals surface area contributed by atoms with Gasteiger partial charge in [-0.05, 0) is 31.6 Å². The molecule has 1 atom stereocenters. The second-order valence-electron chi connectivity index (χ2n) is 5.43. The van der Waals surface area contributed by atoms with E-state index in [9.17, 15) is 9.59 Å². The van der Waals surface area contributed by atoms with Gasteiger partial charge >= 0.3 is 0 Å². The minimum atomic E-state index is -0.359. The van der Waals surface area contributed by atoms with E-state index in [-0.39, 0.29) is 23.8 Å². The van der Waals surface area contributed by atoms with E-state index < -0.39 is 0 Å². The average molecular weight is 254 g/mol. The molecule has 0 aromatic rings. The molecule has 104 valence electrons. The van der Waals surface area contributed by atoms with Crippen molar-refractivity contribution in [1.82, 2.24) is 10.2 Å². The Morgan fingerprint density at radius 1 is 1.17 bits per heavy atom. The van der Waals surface area contributed by atoms with Gasteiger partial charge in [-0.3, -0.25) is 9.59 Å². The van der Waals surface area contributed by atoms with Gasteiger partial charge in [-0.2, -0.15) is 0 Å². The monoisotopic (exact) mass is 254 g/mol. The van der Waals surface area contributed by atoms with Crippen LogP contribution in [0.1, 0.15) is 52.9 Å². The predicted octanol–water partition coefficient (Wildman–Crippen LogP) is 1.94. The molecule has 0 saturated carbocycles. The number of likely N-dealkylation sites (tertiary alicyclic amines) is 1. The number of piperidine rings is 1. The fourth-order valence-corrected chi connectivity index (χ4v) is 2.30. The molecular formula is C14H26N2O2. The van der Waals surface area contributed by atoms with E-state index in [1.165, 1.54) is 6.42 Å². The molecule has 1 saturated heterocycles. The van der Waals surface area contributed by atoms with Crippen molar-refractivity contribution in [2.45, 2.75) is 58.9 Å². The van der Waals surface area contributed by atoms with Crippen LogP contribution in [0, 0.1) is 5.92 Å². The van der Waals surface area contributed by atoms with Gasteiger partial charge in [0.05, 0.1) is 0 Å². The quantitative estimate of drug-likeness (QED) is 0.815. The lowest BCUT2D eigenvalue weighted by molar-refractivity contribution is -0.138. The summed E-state index contributed by atoms with van der Waals surface area (Å²) in [5, 5.41) is 2.88. The van der Waals surface area contributed by atoms with Gasteiger partial charge in [0.15, 0.2) is 0 Å². The summed E-state index contributed by atoms with van der Waals surface area (Å²) >= 11 is 0. The Labute approximate surface area is 110 Å². The molecule has 0 aromatic carbocycles. The van der Waals surface area contributed by atoms with E-state index in [0.29, 0.717) is 6.42 Å². The van der Waals surface area contributed by atoms with Crippen molar-refractivity contribution in [1.29, 1.82) is 0 Å². The smallest absolute Gasteiger partial charge is 0.245 e. The highest BCUT2D eigenvalue weighted by Gasteiger charge is 2.28. The lowest BCUT2D eigenvalue weighted by atomic mass is 10.0. The van der Waals surface area contributed by atoms with Crippen molar-refractivity contribution in [2.75, 3.05) is 13.1 Å². The predicted molar refractivity (Wildman–Crippen MR) is 72.1 cm³/mol. The number of carbonyl (C=O) groups excluding carboxylic acids is 2. The number of nitrogens with zero attached hydrogens (tertiary/aromatic N) is 1. The first-order valence-electron chi connectivity index (χ1n) is 7.14. The van der Waals surface area contributed by atoms with Crippen LogP contribution in [0.3, 0.4) is 0 Å². The van der Waals surface area contributed by atoms with Crippen molar-refractivity contribution in [2.24, 2.45) is 5.92 Å². The maximum Gasteiger partial charge on any atom is 0.245 e. The van der Waals surface area contributed by atoms with Crippen LogP contribution in [0.15, 0.2) is 0 Å². The van der Waals surface area contributed by atoms with Crippen LogP contribution in [-0.2, 0) is 9.59 Å². The summed E-state index contributed by atoms with van der Waals surface area (Å²) in [6.45, 7) is 7.62. The summed E-state index contributed by atoms with van der Waals surface area (Å²) in [4.78, 5) is 26.0. The first-order valence-corrected chi connectivity index (χ1v) is 7.14. The Balaban J connectivity index is 2.59. The van der Waals surface area contributed by atoms with Crippen LogP contribution in [0.5, 0.6) is 0 Å². The third kappa shape index (κ3) is 4.31. The number of nitrogens with one attached hydrogen (secondary N) is 1. The SMILES string of the molecule is CCCC(=O)N[C@@H](C(=O)N1CCCCC1)C(C)C. The Kier molecular flexibility index (Phi) is 6.16. The van der Waals surface area contributed by atoms with E-state index >= 15 is 0 Å². The Morgan fingerprint density at radius 3 is 2.28 bits per heavy atom. The maximum absolute atomic E-state index is 12.4. The summed E-state index contributed by atoms with van der Waals surface area (Å²) in [6, 6.07) is -0.359. The molecule has 18 heavy (non-hydrogen) atoms. The zero-order chi connectivity index (χ0) is 13.5. The van der Waals surface area contributed by atoms with E-state index in [1.807, 2.05) is 25.7 Å². The van der Waals surface area contributed by atoms with Crippen molar-refractivity contribution >= 4 is 11.8 Å². The van der Waals surface area contributed by atoms with Crippen LogP contribution in [0.25, 0.3) is 0 Å². The van der Waals surface area contributed by atoms with Crippen molar-refractivity contribution in [3.8, 4) is 0 Å². The third-order valence-corrected chi connectivity index (χ3v) is 3.39. The van der Waals surface area contributed by atoms with Crippen LogP contribution in [-0.4, -0.2) is 35.8 Å². The lowest BCUT2D eigenvalue weighted by Gasteiger charge is -2.32. The van der Waals surface area contributed by atoms with Gasteiger partial charge in [-0.1, -0.05) is 20.8 Å². The van der Waals surface area contributed by atoms with E-state index in [1.54, 1.807) is 0 Å². The zero-order valence-corrected chi connectivity index (χ0v) is 11.9. The van der Waals surface area contributed by atoms with E-state index in [2.05, 4.69) is 5.32 Å². The van der Waals surface area contributed by atoms with Crippen LogP contribution in [0.4, 0.5) is 0 Å². The molecule has 0 unspecified atom stereocenters. The summed E-state index contributed by atoms with van der Waals surface area (Å²) < 4.78 is 0. The van der Waals surface area contributed by atoms with Crippen molar-refractivity contribution in [3.05, 3.63) is 0 Å². The minimum absolute atomic E-state index is 0.0124. The topological polar surface area (TPSA) is 49.4 Å². The van der Waals surface area contributed by atoms with Gasteiger partial charge < -0.3 is 10.2 Å². The zero-order valence-electron chi connectivity index (χ0n) is 11.9. The van der Waals surface area contributed by atoms with E-state index in [0.717, 1.165) is 32.4 Å². The molecule has 1 heterocycles. The molecular weight excluding hydrogens is 228 g/mol. The summed E-state index contributed by atoms with van der Waals surface area (Å²) in [7, 11) is 0. The Morgan fingerprint density at radius 2 is 1.78 bits per heavy atom. The first kappa shape index (κ1) is 15.0. The first-order chi connectivity index (χ1) is 8.56. The highest BCUT2D eigenvalue weighted by atomic mass is 16.2. The minimum Gasteiger partial charge on any atom is -0.344 e. The highest BCUT2D eigenvalue weighted by molar-refractivity contribution is 5.87. The van der Waals surface area contributed by atoms with E-state index in [4.69, 9.17) is 0 Å². The molecule has 0 bridgehead atoms. The van der Waals surface area contributed by atoms with Gasteiger partial charge in [0.25, 0.3) is 0 Å². The van der Waals surface area contributed by atoms with Gasteiger partial charge in [-0.25, -0.2) is 0 Å². The second-order valence-corrected chi connectivity index (χ2v) is 5.43. The lowest BCUT2D eigenvalue weighted by Crippen LogP contribution is -2.52. The largest absolute Gasteiger partial charge is 0.344 e. The number of hydrogen-bond acceptors (Lipinski definition) is 2. The molecule has 1 aliphatic heterocycles. The maximum atomic E-state index is 12.4. The summed E-state index contributed by atoms with van der Waals surface area (Å²) in [5.74, 6) is 0.218. The molecule has 1 N–H and O–H groups in total. The number of amides is 2. The molecule has 1 aliphatic rings. The molecule has 4 nitrogen and oxygen atoms in total. The molecule has 0 aliphatic carbocycles. The molecule has 4 heteroatoms. The Hall–Kier alpha value is -1.06. The fourth-order valence-electron chi connectivity index (χ4n) is 2.30. The number of hydrogen-bond donors (Lipinski definition) is 1. The van der Waals surface area contributed by atoms with Gasteiger partial charge in [-0.15, -0.1) is 0 Å². The number of carbonyl (C=O) groups is 2. The average Bonchev–Trinajstić information content (AvgIpc) is 2.36. The van der Waals surface area contributed by atoms with Gasteiger partial charge in [0.2, 0.25) is 11.8 Å². The Bertz CT molecular complexity index is 284. The third-order valence-electron chi connectivity index (χ3n) is 3.39. The van der Waals surface area contributed by atoms with Crippen LogP contribution < -0.4 is 5.32 Å². The highest BCUT2D eigenvalue weighted by Crippen LogP contribution is 2.13. The molecule has 0 spiro atoms. The fraction of sp³-hybridized carbons (Fsp3) is 0.857. The van der Waals surface area contributed by atoms with Gasteiger partial charge in [0, 0.05) is 19.5 Å². The van der Waals surface area contributed by atoms with Crippen LogP contribution in [0.2, 0.25) is 0 Å². The van der Waals surface area contributed by atoms with Crippen molar-refractivity contribution in [3.63, 3.8) is 0 Å². The van der Waals surface area contributed by atoms with Crippen molar-refractivity contribution < 1.29 is 9.59 Å². The number of rotatable bonds is 5. The molecule has 1 fully saturated rings. The summed E-state index contributed by atoms with van der Waals surface area (Å²) in [6.07, 6.45) is 4.68. The molecule has 0 aromatic heterocycles. The molecule has 0 radical (unpaired) electrons. The standard InChI is InChI=1S/C14H26N2O2/c1-4-8-12(17)15-13(11(2)3)14(18)16-9-6-5-7-10-16/h11,13H,4-10H2,1-3H3,(H,15,17)/t13-/m1/s1. The second kappa shape index (κ2) is 7.39. The normalized spacial score (nSPS) is 17.7. The summed E-state index contributed by atoms with van der Waals surface area (Å²) in [5.41, 5.74) is 0. The van der Waals surface area contributed by atoms with Gasteiger partial charge in [0.1, 0.15) is 6.04 Å². The molecule has 2 amide bonds. The molecule has 1 rings (SSSR count).